The molecule has 0 amide bonds. The van der Waals surface area contributed by atoms with E-state index in [-0.39, 0.29) is 5.82 Å². The van der Waals surface area contributed by atoms with Gasteiger partial charge >= 0.3 is 0 Å². The maximum absolute atomic E-state index is 13.3. The van der Waals surface area contributed by atoms with Gasteiger partial charge in [0.15, 0.2) is 5.89 Å². The Balaban J connectivity index is 1.64. The molecule has 23 heavy (non-hydrogen) atoms. The zero-order valence-electron chi connectivity index (χ0n) is 14.0. The van der Waals surface area contributed by atoms with Crippen molar-refractivity contribution in [1.82, 2.24) is 9.88 Å². The highest BCUT2D eigenvalue weighted by atomic mass is 19.1. The van der Waals surface area contributed by atoms with Gasteiger partial charge in [0.05, 0.1) is 6.20 Å². The van der Waals surface area contributed by atoms with Gasteiger partial charge in [0, 0.05) is 25.4 Å². The molecule has 2 aromatic rings. The zero-order valence-corrected chi connectivity index (χ0v) is 14.0. The minimum atomic E-state index is -0.209. The lowest BCUT2D eigenvalue weighted by molar-refractivity contribution is 0.175. The lowest BCUT2D eigenvalue weighted by Gasteiger charge is -2.32. The number of likely N-dealkylation sites (tertiary alicyclic amines) is 1. The molecule has 1 saturated heterocycles. The molecule has 124 valence electrons. The van der Waals surface area contributed by atoms with Gasteiger partial charge in [0.2, 0.25) is 0 Å². The Morgan fingerprint density at radius 2 is 2.26 bits per heavy atom. The fourth-order valence-corrected chi connectivity index (χ4v) is 3.38. The molecular weight excluding hydrogens is 291 g/mol. The molecule has 3 nitrogen and oxygen atoms in total. The van der Waals surface area contributed by atoms with E-state index in [1.807, 2.05) is 6.07 Å². The maximum atomic E-state index is 13.3. The fraction of sp³-hybridized carbons (Fsp3) is 0.526. The van der Waals surface area contributed by atoms with Gasteiger partial charge in [0.1, 0.15) is 11.6 Å². The van der Waals surface area contributed by atoms with E-state index in [0.717, 1.165) is 36.7 Å². The van der Waals surface area contributed by atoms with Crippen molar-refractivity contribution >= 4 is 0 Å². The Kier molecular flexibility index (Phi) is 5.11. The van der Waals surface area contributed by atoms with Crippen LogP contribution in [0.25, 0.3) is 0 Å². The maximum Gasteiger partial charge on any atom is 0.198 e. The standard InChI is InChI=1S/C19H25FN2O/c1-14(2)12-22-8-4-6-16(13-22)19-21-11-18(23-19)10-15-5-3-7-17(20)9-15/h3,5,7,9,11,14,16H,4,6,8,10,12-13H2,1-2H3. The summed E-state index contributed by atoms with van der Waals surface area (Å²) in [5.74, 6) is 2.50. The average Bonchev–Trinajstić information content (AvgIpc) is 2.95. The number of hydrogen-bond acceptors (Lipinski definition) is 3. The smallest absolute Gasteiger partial charge is 0.198 e. The first-order valence-corrected chi connectivity index (χ1v) is 8.51. The molecule has 2 heterocycles. The molecule has 0 bridgehead atoms. The SMILES string of the molecule is CC(C)CN1CCCC(c2ncc(Cc3cccc(F)c3)o2)C1. The first-order valence-electron chi connectivity index (χ1n) is 8.51. The second kappa shape index (κ2) is 7.26. The van der Waals surface area contributed by atoms with Gasteiger partial charge in [-0.1, -0.05) is 26.0 Å². The Bertz CT molecular complexity index is 638. The van der Waals surface area contributed by atoms with Crippen LogP contribution in [0, 0.1) is 11.7 Å². The minimum absolute atomic E-state index is 0.209. The van der Waals surface area contributed by atoms with Crippen molar-refractivity contribution in [1.29, 1.82) is 0 Å². The number of nitrogens with zero attached hydrogens (tertiary/aromatic N) is 2. The first kappa shape index (κ1) is 16.2. The number of halogens is 1. The highest BCUT2D eigenvalue weighted by molar-refractivity contribution is 5.21. The van der Waals surface area contributed by atoms with Gasteiger partial charge in [-0.3, -0.25) is 0 Å². The predicted molar refractivity (Wildman–Crippen MR) is 89.0 cm³/mol. The minimum Gasteiger partial charge on any atom is -0.445 e. The molecule has 1 aromatic heterocycles. The van der Waals surface area contributed by atoms with Crippen molar-refractivity contribution in [2.45, 2.75) is 39.0 Å². The van der Waals surface area contributed by atoms with Gasteiger partial charge < -0.3 is 9.32 Å². The van der Waals surface area contributed by atoms with Gasteiger partial charge in [-0.25, -0.2) is 9.37 Å². The molecule has 4 heteroatoms. The van der Waals surface area contributed by atoms with Crippen molar-refractivity contribution in [2.24, 2.45) is 5.92 Å². The summed E-state index contributed by atoms with van der Waals surface area (Å²) in [6.07, 6.45) is 4.71. The normalized spacial score (nSPS) is 19.4. The van der Waals surface area contributed by atoms with Crippen molar-refractivity contribution in [3.05, 3.63) is 53.5 Å². The summed E-state index contributed by atoms with van der Waals surface area (Å²) in [5.41, 5.74) is 0.915. The number of rotatable bonds is 5. The molecule has 0 radical (unpaired) electrons. The van der Waals surface area contributed by atoms with Crippen LogP contribution in [0.4, 0.5) is 4.39 Å². The third-order valence-electron chi connectivity index (χ3n) is 4.32. The van der Waals surface area contributed by atoms with E-state index in [1.165, 1.54) is 19.0 Å². The number of hydrogen-bond donors (Lipinski definition) is 0. The quantitative estimate of drug-likeness (QED) is 0.826. The van der Waals surface area contributed by atoms with Crippen LogP contribution in [-0.2, 0) is 6.42 Å². The summed E-state index contributed by atoms with van der Waals surface area (Å²) >= 11 is 0. The van der Waals surface area contributed by atoms with Crippen LogP contribution < -0.4 is 0 Å². The van der Waals surface area contributed by atoms with Crippen LogP contribution in [0.15, 0.2) is 34.9 Å². The summed E-state index contributed by atoms with van der Waals surface area (Å²) in [6, 6.07) is 6.65. The summed E-state index contributed by atoms with van der Waals surface area (Å²) < 4.78 is 19.2. The second-order valence-corrected chi connectivity index (χ2v) is 6.96. The third kappa shape index (κ3) is 4.41. The Labute approximate surface area is 137 Å². The zero-order chi connectivity index (χ0) is 16.2. The van der Waals surface area contributed by atoms with Crippen LogP contribution in [0.2, 0.25) is 0 Å². The number of aromatic nitrogens is 1. The van der Waals surface area contributed by atoms with E-state index in [2.05, 4.69) is 23.7 Å². The van der Waals surface area contributed by atoms with Gasteiger partial charge in [-0.2, -0.15) is 0 Å². The topological polar surface area (TPSA) is 29.3 Å². The lowest BCUT2D eigenvalue weighted by Crippen LogP contribution is -2.36. The fourth-order valence-electron chi connectivity index (χ4n) is 3.38. The van der Waals surface area contributed by atoms with Gasteiger partial charge in [-0.15, -0.1) is 0 Å². The highest BCUT2D eigenvalue weighted by Crippen LogP contribution is 2.27. The van der Waals surface area contributed by atoms with E-state index in [9.17, 15) is 4.39 Å². The Morgan fingerprint density at radius 1 is 1.39 bits per heavy atom. The molecular formula is C19H25FN2O. The van der Waals surface area contributed by atoms with Crippen molar-refractivity contribution in [3.8, 4) is 0 Å². The van der Waals surface area contributed by atoms with Crippen LogP contribution in [0.3, 0.4) is 0 Å². The molecule has 1 fully saturated rings. The molecule has 1 atom stereocenters. The van der Waals surface area contributed by atoms with E-state index >= 15 is 0 Å². The summed E-state index contributed by atoms with van der Waals surface area (Å²) in [6.45, 7) is 7.84. The largest absolute Gasteiger partial charge is 0.445 e. The van der Waals surface area contributed by atoms with Crippen LogP contribution in [0.5, 0.6) is 0 Å². The molecule has 1 aliphatic heterocycles. The van der Waals surface area contributed by atoms with E-state index in [1.54, 1.807) is 18.3 Å². The molecule has 1 unspecified atom stereocenters. The monoisotopic (exact) mass is 316 g/mol. The molecule has 3 rings (SSSR count). The van der Waals surface area contributed by atoms with Crippen molar-refractivity contribution < 1.29 is 8.81 Å². The Hall–Kier alpha value is -1.68. The molecule has 1 aliphatic rings. The first-order chi connectivity index (χ1) is 11.1. The lowest BCUT2D eigenvalue weighted by atomic mass is 9.97. The predicted octanol–water partition coefficient (Wildman–Crippen LogP) is 4.24. The average molecular weight is 316 g/mol. The number of benzene rings is 1. The molecule has 0 aliphatic carbocycles. The highest BCUT2D eigenvalue weighted by Gasteiger charge is 2.25. The molecule has 0 spiro atoms. The Morgan fingerprint density at radius 3 is 3.04 bits per heavy atom. The summed E-state index contributed by atoms with van der Waals surface area (Å²) in [7, 11) is 0. The summed E-state index contributed by atoms with van der Waals surface area (Å²) in [5, 5.41) is 0. The van der Waals surface area contributed by atoms with Crippen LogP contribution in [0.1, 0.15) is 49.8 Å². The number of piperidine rings is 1. The molecule has 0 saturated carbocycles. The van der Waals surface area contributed by atoms with Gasteiger partial charge in [-0.05, 0) is 43.0 Å². The third-order valence-corrected chi connectivity index (χ3v) is 4.32. The van der Waals surface area contributed by atoms with E-state index in [4.69, 9.17) is 4.42 Å². The van der Waals surface area contributed by atoms with E-state index < -0.39 is 0 Å². The van der Waals surface area contributed by atoms with Crippen molar-refractivity contribution in [2.75, 3.05) is 19.6 Å². The second-order valence-electron chi connectivity index (χ2n) is 6.96. The van der Waals surface area contributed by atoms with Gasteiger partial charge in [0.25, 0.3) is 0 Å². The number of oxazole rings is 1. The van der Waals surface area contributed by atoms with E-state index in [0.29, 0.717) is 18.3 Å². The van der Waals surface area contributed by atoms with Crippen LogP contribution >= 0.6 is 0 Å². The summed E-state index contributed by atoms with van der Waals surface area (Å²) in [4.78, 5) is 6.99. The van der Waals surface area contributed by atoms with Crippen molar-refractivity contribution in [3.63, 3.8) is 0 Å². The molecule has 1 aromatic carbocycles. The van der Waals surface area contributed by atoms with Crippen LogP contribution in [-0.4, -0.2) is 29.5 Å². The molecule has 0 N–H and O–H groups in total.